The lowest BCUT2D eigenvalue weighted by molar-refractivity contribution is 1.29. The molecular formula is C46H31N. The first-order valence-electron chi connectivity index (χ1n) is 16.2. The summed E-state index contributed by atoms with van der Waals surface area (Å²) in [5.41, 5.74) is 8.19. The molecule has 0 N–H and O–H groups in total. The zero-order chi connectivity index (χ0) is 31.2. The van der Waals surface area contributed by atoms with Crippen molar-refractivity contribution in [3.8, 4) is 22.3 Å². The molecule has 0 fully saturated rings. The minimum atomic E-state index is 1.12. The number of anilines is 3. The molecule has 0 atom stereocenters. The summed E-state index contributed by atoms with van der Waals surface area (Å²) in [4.78, 5) is 2.37. The molecule has 9 aromatic carbocycles. The molecule has 47 heavy (non-hydrogen) atoms. The Kier molecular flexibility index (Phi) is 6.54. The van der Waals surface area contributed by atoms with Gasteiger partial charge in [0.25, 0.3) is 0 Å². The van der Waals surface area contributed by atoms with Crippen LogP contribution in [0.25, 0.3) is 65.3 Å². The fourth-order valence-electron chi connectivity index (χ4n) is 7.04. The Labute approximate surface area is 274 Å². The quantitative estimate of drug-likeness (QED) is 0.178. The molecule has 0 amide bonds. The maximum Gasteiger partial charge on any atom is 0.0468 e. The predicted octanol–water partition coefficient (Wildman–Crippen LogP) is 13.1. The summed E-state index contributed by atoms with van der Waals surface area (Å²) in [5.74, 6) is 0. The van der Waals surface area contributed by atoms with Crippen LogP contribution in [0.2, 0.25) is 0 Å². The van der Waals surface area contributed by atoms with E-state index in [1.54, 1.807) is 0 Å². The van der Waals surface area contributed by atoms with Crippen LogP contribution in [-0.4, -0.2) is 0 Å². The highest BCUT2D eigenvalue weighted by Gasteiger charge is 2.15. The van der Waals surface area contributed by atoms with Gasteiger partial charge in [0.15, 0.2) is 0 Å². The van der Waals surface area contributed by atoms with Crippen molar-refractivity contribution in [2.75, 3.05) is 4.90 Å². The van der Waals surface area contributed by atoms with Gasteiger partial charge in [-0.05, 0) is 108 Å². The highest BCUT2D eigenvalue weighted by molar-refractivity contribution is 6.09. The Hall–Kier alpha value is -6.18. The Morgan fingerprint density at radius 1 is 0.234 bits per heavy atom. The van der Waals surface area contributed by atoms with Gasteiger partial charge in [0.05, 0.1) is 0 Å². The molecule has 220 valence electrons. The molecule has 0 saturated carbocycles. The molecule has 9 aromatic rings. The van der Waals surface area contributed by atoms with Crippen LogP contribution in [0.3, 0.4) is 0 Å². The predicted molar refractivity (Wildman–Crippen MR) is 202 cm³/mol. The highest BCUT2D eigenvalue weighted by Crippen LogP contribution is 2.40. The summed E-state index contributed by atoms with van der Waals surface area (Å²) in [5, 5.41) is 10.2. The minimum Gasteiger partial charge on any atom is -0.310 e. The van der Waals surface area contributed by atoms with Gasteiger partial charge in [-0.15, -0.1) is 0 Å². The second kappa shape index (κ2) is 11.3. The summed E-state index contributed by atoms with van der Waals surface area (Å²) in [6.07, 6.45) is 0. The van der Waals surface area contributed by atoms with E-state index in [1.807, 2.05) is 0 Å². The van der Waals surface area contributed by atoms with Gasteiger partial charge in [-0.1, -0.05) is 146 Å². The lowest BCUT2D eigenvalue weighted by atomic mass is 9.97. The van der Waals surface area contributed by atoms with E-state index < -0.39 is 0 Å². The van der Waals surface area contributed by atoms with Gasteiger partial charge in [-0.3, -0.25) is 0 Å². The molecule has 9 rings (SSSR count). The van der Waals surface area contributed by atoms with Crippen molar-refractivity contribution in [3.63, 3.8) is 0 Å². The lowest BCUT2D eigenvalue weighted by Crippen LogP contribution is -2.10. The SMILES string of the molecule is c1ccc(-c2cccc(N(c3ccc(-c4ccc5c(ccc6ccccc65)c4)cc3)c3ccc4c(ccc5ccccc54)c3)c2)cc1. The number of hydrogen-bond acceptors (Lipinski definition) is 1. The molecular weight excluding hydrogens is 567 g/mol. The summed E-state index contributed by atoms with van der Waals surface area (Å²) >= 11 is 0. The Bertz CT molecular complexity index is 2560. The molecule has 0 spiro atoms. The summed E-state index contributed by atoms with van der Waals surface area (Å²) in [6.45, 7) is 0. The zero-order valence-corrected chi connectivity index (χ0v) is 25.8. The number of benzene rings is 9. The van der Waals surface area contributed by atoms with Gasteiger partial charge in [-0.25, -0.2) is 0 Å². The standard InChI is InChI=1S/C46H31N/c1-2-9-32(10-3-1)36-13-8-14-41(30-36)47(42-26-28-46-39(31-42)20-18-35-12-5-7-16-44(35)46)40-24-21-33(22-25-40)37-23-27-45-38(29-37)19-17-34-11-4-6-15-43(34)45/h1-31H. The average Bonchev–Trinajstić information content (AvgIpc) is 3.15. The van der Waals surface area contributed by atoms with E-state index in [0.29, 0.717) is 0 Å². The third-order valence-corrected chi connectivity index (χ3v) is 9.40. The Morgan fingerprint density at radius 3 is 1.43 bits per heavy atom. The largest absolute Gasteiger partial charge is 0.310 e. The molecule has 1 nitrogen and oxygen atoms in total. The lowest BCUT2D eigenvalue weighted by Gasteiger charge is -2.27. The monoisotopic (exact) mass is 597 g/mol. The number of nitrogens with zero attached hydrogens (tertiary/aromatic N) is 1. The zero-order valence-electron chi connectivity index (χ0n) is 25.8. The van der Waals surface area contributed by atoms with Crippen LogP contribution in [-0.2, 0) is 0 Å². The van der Waals surface area contributed by atoms with Crippen LogP contribution < -0.4 is 4.90 Å². The maximum atomic E-state index is 2.37. The van der Waals surface area contributed by atoms with Crippen LogP contribution >= 0.6 is 0 Å². The van der Waals surface area contributed by atoms with Crippen LogP contribution in [0.4, 0.5) is 17.1 Å². The van der Waals surface area contributed by atoms with Crippen LogP contribution in [0, 0.1) is 0 Å². The van der Waals surface area contributed by atoms with E-state index in [1.165, 1.54) is 65.3 Å². The summed E-state index contributed by atoms with van der Waals surface area (Å²) in [7, 11) is 0. The van der Waals surface area contributed by atoms with Gasteiger partial charge < -0.3 is 4.90 Å². The molecule has 0 heterocycles. The summed E-state index contributed by atoms with van der Waals surface area (Å²) < 4.78 is 0. The van der Waals surface area contributed by atoms with Crippen LogP contribution in [0.15, 0.2) is 188 Å². The first-order valence-corrected chi connectivity index (χ1v) is 16.2. The molecule has 0 bridgehead atoms. The number of fused-ring (bicyclic) bond motifs is 6. The van der Waals surface area contributed by atoms with E-state index >= 15 is 0 Å². The number of hydrogen-bond donors (Lipinski definition) is 0. The van der Waals surface area contributed by atoms with Crippen molar-refractivity contribution < 1.29 is 0 Å². The molecule has 0 aliphatic heterocycles. The van der Waals surface area contributed by atoms with E-state index in [-0.39, 0.29) is 0 Å². The topological polar surface area (TPSA) is 3.24 Å². The first-order chi connectivity index (χ1) is 23.3. The van der Waals surface area contributed by atoms with Crippen LogP contribution in [0.1, 0.15) is 0 Å². The van der Waals surface area contributed by atoms with Crippen molar-refractivity contribution in [1.82, 2.24) is 0 Å². The van der Waals surface area contributed by atoms with Crippen molar-refractivity contribution in [1.29, 1.82) is 0 Å². The maximum absolute atomic E-state index is 2.37. The minimum absolute atomic E-state index is 1.12. The van der Waals surface area contributed by atoms with Gasteiger partial charge in [0.2, 0.25) is 0 Å². The van der Waals surface area contributed by atoms with E-state index in [4.69, 9.17) is 0 Å². The molecule has 0 aliphatic carbocycles. The van der Waals surface area contributed by atoms with Gasteiger partial charge in [0, 0.05) is 17.1 Å². The van der Waals surface area contributed by atoms with Crippen molar-refractivity contribution in [3.05, 3.63) is 188 Å². The van der Waals surface area contributed by atoms with Gasteiger partial charge in [0.1, 0.15) is 0 Å². The average molecular weight is 598 g/mol. The molecule has 0 aromatic heterocycles. The van der Waals surface area contributed by atoms with Gasteiger partial charge >= 0.3 is 0 Å². The van der Waals surface area contributed by atoms with Crippen molar-refractivity contribution >= 4 is 60.2 Å². The second-order valence-electron chi connectivity index (χ2n) is 12.2. The molecule has 0 radical (unpaired) electrons. The fraction of sp³-hybridized carbons (Fsp3) is 0. The Balaban J connectivity index is 1.15. The van der Waals surface area contributed by atoms with E-state index in [0.717, 1.165) is 17.1 Å². The summed E-state index contributed by atoms with van der Waals surface area (Å²) in [6, 6.07) is 68.3. The molecule has 0 aliphatic rings. The number of rotatable bonds is 5. The fourth-order valence-corrected chi connectivity index (χ4v) is 7.04. The van der Waals surface area contributed by atoms with E-state index in [9.17, 15) is 0 Å². The van der Waals surface area contributed by atoms with Crippen molar-refractivity contribution in [2.45, 2.75) is 0 Å². The third kappa shape index (κ3) is 4.90. The molecule has 0 saturated heterocycles. The Morgan fingerprint density at radius 2 is 0.702 bits per heavy atom. The van der Waals surface area contributed by atoms with Gasteiger partial charge in [-0.2, -0.15) is 0 Å². The molecule has 1 heteroatoms. The van der Waals surface area contributed by atoms with Crippen LogP contribution in [0.5, 0.6) is 0 Å². The van der Waals surface area contributed by atoms with E-state index in [2.05, 4.69) is 193 Å². The highest BCUT2D eigenvalue weighted by atomic mass is 15.1. The van der Waals surface area contributed by atoms with Crippen molar-refractivity contribution in [2.24, 2.45) is 0 Å². The normalized spacial score (nSPS) is 11.4. The first kappa shape index (κ1) is 27.2. The molecule has 0 unspecified atom stereocenters. The second-order valence-corrected chi connectivity index (χ2v) is 12.2. The third-order valence-electron chi connectivity index (χ3n) is 9.40. The smallest absolute Gasteiger partial charge is 0.0468 e.